The molecular formula is C10H16N2S. The molecule has 0 saturated heterocycles. The minimum absolute atomic E-state index is 0.131. The van der Waals surface area contributed by atoms with Crippen molar-refractivity contribution in [3.8, 4) is 0 Å². The van der Waals surface area contributed by atoms with Gasteiger partial charge < -0.3 is 5.73 Å². The van der Waals surface area contributed by atoms with Crippen LogP contribution in [0.15, 0.2) is 5.38 Å². The molecule has 1 aromatic heterocycles. The van der Waals surface area contributed by atoms with Crippen LogP contribution in [-0.4, -0.2) is 10.5 Å². The molecule has 0 unspecified atom stereocenters. The van der Waals surface area contributed by atoms with Gasteiger partial charge in [-0.2, -0.15) is 0 Å². The van der Waals surface area contributed by atoms with E-state index in [1.807, 2.05) is 6.92 Å². The highest BCUT2D eigenvalue weighted by Gasteiger charge is 2.55. The van der Waals surface area contributed by atoms with Gasteiger partial charge in [0.25, 0.3) is 0 Å². The van der Waals surface area contributed by atoms with Gasteiger partial charge in [-0.3, -0.25) is 0 Å². The maximum Gasteiger partial charge on any atom is 0.0897 e. The van der Waals surface area contributed by atoms with Gasteiger partial charge in [-0.25, -0.2) is 4.98 Å². The van der Waals surface area contributed by atoms with E-state index in [0.29, 0.717) is 0 Å². The van der Waals surface area contributed by atoms with Gasteiger partial charge >= 0.3 is 0 Å². The van der Waals surface area contributed by atoms with E-state index in [1.54, 1.807) is 11.3 Å². The Bertz CT molecular complexity index is 318. The van der Waals surface area contributed by atoms with E-state index in [2.05, 4.69) is 24.2 Å². The first-order chi connectivity index (χ1) is 5.96. The molecular weight excluding hydrogens is 180 g/mol. The maximum atomic E-state index is 6.18. The Morgan fingerprint density at radius 2 is 2.15 bits per heavy atom. The second kappa shape index (κ2) is 2.55. The lowest BCUT2D eigenvalue weighted by Crippen LogP contribution is -2.45. The standard InChI is InChI=1S/C10H16N2S/c1-7-12-8(6-13-7)10(4-5-10)9(2,3)11/h6H,4-5,11H2,1-3H3. The zero-order chi connectivity index (χ0) is 9.69. The first-order valence-corrected chi connectivity index (χ1v) is 5.55. The lowest BCUT2D eigenvalue weighted by molar-refractivity contribution is 0.385. The number of hydrogen-bond donors (Lipinski definition) is 1. The van der Waals surface area contributed by atoms with E-state index in [4.69, 9.17) is 5.73 Å². The number of aromatic nitrogens is 1. The van der Waals surface area contributed by atoms with E-state index in [0.717, 1.165) is 5.01 Å². The molecule has 1 aliphatic carbocycles. The summed E-state index contributed by atoms with van der Waals surface area (Å²) in [6.07, 6.45) is 2.39. The van der Waals surface area contributed by atoms with Gasteiger partial charge in [0.05, 0.1) is 10.7 Å². The molecule has 0 aromatic carbocycles. The molecule has 0 amide bonds. The van der Waals surface area contributed by atoms with Crippen LogP contribution in [-0.2, 0) is 5.41 Å². The Labute approximate surface area is 83.2 Å². The van der Waals surface area contributed by atoms with Crippen molar-refractivity contribution in [1.82, 2.24) is 4.98 Å². The Morgan fingerprint density at radius 1 is 1.54 bits per heavy atom. The van der Waals surface area contributed by atoms with Gasteiger partial charge in [0, 0.05) is 16.3 Å². The lowest BCUT2D eigenvalue weighted by atomic mass is 9.83. The predicted molar refractivity (Wildman–Crippen MR) is 56.0 cm³/mol. The number of aryl methyl sites for hydroxylation is 1. The average molecular weight is 196 g/mol. The summed E-state index contributed by atoms with van der Waals surface area (Å²) in [5.41, 5.74) is 7.44. The summed E-state index contributed by atoms with van der Waals surface area (Å²) in [6, 6.07) is 0. The summed E-state index contributed by atoms with van der Waals surface area (Å²) >= 11 is 1.72. The topological polar surface area (TPSA) is 38.9 Å². The zero-order valence-corrected chi connectivity index (χ0v) is 9.24. The van der Waals surface area contributed by atoms with Crippen molar-refractivity contribution < 1.29 is 0 Å². The third kappa shape index (κ3) is 1.30. The van der Waals surface area contributed by atoms with Crippen molar-refractivity contribution in [3.63, 3.8) is 0 Å². The highest BCUT2D eigenvalue weighted by Crippen LogP contribution is 2.54. The minimum Gasteiger partial charge on any atom is -0.325 e. The van der Waals surface area contributed by atoms with Gasteiger partial charge in [0.1, 0.15) is 0 Å². The Kier molecular flexibility index (Phi) is 1.79. The van der Waals surface area contributed by atoms with Gasteiger partial charge in [-0.05, 0) is 33.6 Å². The molecule has 2 N–H and O–H groups in total. The van der Waals surface area contributed by atoms with Crippen LogP contribution in [0.3, 0.4) is 0 Å². The van der Waals surface area contributed by atoms with E-state index in [9.17, 15) is 0 Å². The van der Waals surface area contributed by atoms with Crippen molar-refractivity contribution >= 4 is 11.3 Å². The van der Waals surface area contributed by atoms with Gasteiger partial charge in [0.2, 0.25) is 0 Å². The highest BCUT2D eigenvalue weighted by molar-refractivity contribution is 7.09. The van der Waals surface area contributed by atoms with Crippen LogP contribution >= 0.6 is 11.3 Å². The fourth-order valence-electron chi connectivity index (χ4n) is 1.94. The molecule has 1 aliphatic rings. The second-order valence-corrected chi connectivity index (χ2v) is 5.62. The molecule has 72 valence electrons. The van der Waals surface area contributed by atoms with Crippen LogP contribution in [0.4, 0.5) is 0 Å². The SMILES string of the molecule is Cc1nc(C2(C(C)(C)N)CC2)cs1. The van der Waals surface area contributed by atoms with Crippen LogP contribution in [0.2, 0.25) is 0 Å². The number of thiazole rings is 1. The Hall–Kier alpha value is -0.410. The molecule has 0 bridgehead atoms. The molecule has 13 heavy (non-hydrogen) atoms. The number of nitrogens with zero attached hydrogens (tertiary/aromatic N) is 1. The molecule has 1 aromatic rings. The number of hydrogen-bond acceptors (Lipinski definition) is 3. The van der Waals surface area contributed by atoms with E-state index >= 15 is 0 Å². The summed E-state index contributed by atoms with van der Waals surface area (Å²) in [7, 11) is 0. The monoisotopic (exact) mass is 196 g/mol. The van der Waals surface area contributed by atoms with Gasteiger partial charge in [-0.1, -0.05) is 0 Å². The van der Waals surface area contributed by atoms with E-state index in [1.165, 1.54) is 18.5 Å². The second-order valence-electron chi connectivity index (χ2n) is 4.56. The molecule has 3 heteroatoms. The third-order valence-corrected chi connectivity index (χ3v) is 3.87. The maximum absolute atomic E-state index is 6.18. The fourth-order valence-corrected chi connectivity index (χ4v) is 2.65. The average Bonchev–Trinajstić information content (AvgIpc) is 2.70. The van der Waals surface area contributed by atoms with Crippen LogP contribution in [0.1, 0.15) is 37.4 Å². The van der Waals surface area contributed by atoms with Crippen molar-refractivity contribution in [2.45, 2.75) is 44.6 Å². The summed E-state index contributed by atoms with van der Waals surface area (Å²) in [5.74, 6) is 0. The minimum atomic E-state index is -0.131. The van der Waals surface area contributed by atoms with Crippen molar-refractivity contribution in [2.75, 3.05) is 0 Å². The van der Waals surface area contributed by atoms with Crippen LogP contribution in [0, 0.1) is 6.92 Å². The molecule has 2 rings (SSSR count). The molecule has 2 nitrogen and oxygen atoms in total. The first kappa shape index (κ1) is 9.16. The van der Waals surface area contributed by atoms with Crippen molar-refractivity contribution in [2.24, 2.45) is 5.73 Å². The van der Waals surface area contributed by atoms with Crippen LogP contribution in [0.25, 0.3) is 0 Å². The normalized spacial score (nSPS) is 20.3. The highest BCUT2D eigenvalue weighted by atomic mass is 32.1. The molecule has 0 atom stereocenters. The largest absolute Gasteiger partial charge is 0.325 e. The molecule has 1 fully saturated rings. The van der Waals surface area contributed by atoms with E-state index in [-0.39, 0.29) is 11.0 Å². The number of nitrogens with two attached hydrogens (primary N) is 1. The van der Waals surface area contributed by atoms with E-state index < -0.39 is 0 Å². The summed E-state index contributed by atoms with van der Waals surface area (Å²) in [6.45, 7) is 6.26. The summed E-state index contributed by atoms with van der Waals surface area (Å²) < 4.78 is 0. The smallest absolute Gasteiger partial charge is 0.0897 e. The summed E-state index contributed by atoms with van der Waals surface area (Å²) in [5, 5.41) is 3.31. The van der Waals surface area contributed by atoms with Gasteiger partial charge in [-0.15, -0.1) is 11.3 Å². The first-order valence-electron chi connectivity index (χ1n) is 4.67. The molecule has 1 saturated carbocycles. The fraction of sp³-hybridized carbons (Fsp3) is 0.700. The molecule has 1 heterocycles. The zero-order valence-electron chi connectivity index (χ0n) is 8.42. The predicted octanol–water partition coefficient (Wildman–Crippen LogP) is 2.22. The third-order valence-electron chi connectivity index (χ3n) is 3.09. The molecule has 0 radical (unpaired) electrons. The van der Waals surface area contributed by atoms with Crippen molar-refractivity contribution in [1.29, 1.82) is 0 Å². The lowest BCUT2D eigenvalue weighted by Gasteiger charge is -2.29. The van der Waals surface area contributed by atoms with Crippen LogP contribution in [0.5, 0.6) is 0 Å². The molecule has 0 aliphatic heterocycles. The van der Waals surface area contributed by atoms with Crippen molar-refractivity contribution in [3.05, 3.63) is 16.1 Å². The summed E-state index contributed by atoms with van der Waals surface area (Å²) in [4.78, 5) is 4.55. The Balaban J connectivity index is 2.36. The quantitative estimate of drug-likeness (QED) is 0.787. The molecule has 0 spiro atoms. The van der Waals surface area contributed by atoms with Crippen LogP contribution < -0.4 is 5.73 Å². The number of rotatable bonds is 2. The van der Waals surface area contributed by atoms with Gasteiger partial charge in [0.15, 0.2) is 0 Å². The Morgan fingerprint density at radius 3 is 2.46 bits per heavy atom.